The molecule has 0 aliphatic carbocycles. The molecule has 1 N–H and O–H groups in total. The third-order valence-corrected chi connectivity index (χ3v) is 2.02. The van der Waals surface area contributed by atoms with E-state index in [1.54, 1.807) is 0 Å². The number of aliphatic carboxylic acids is 1. The van der Waals surface area contributed by atoms with Crippen LogP contribution in [0.3, 0.4) is 0 Å². The van der Waals surface area contributed by atoms with Crippen molar-refractivity contribution < 1.29 is 24.0 Å². The van der Waals surface area contributed by atoms with Crippen LogP contribution in [-0.4, -0.2) is 22.6 Å². The minimum Gasteiger partial charge on any atom is -0.490 e. The first-order valence-electron chi connectivity index (χ1n) is 4.71. The number of benzene rings is 1. The first kappa shape index (κ1) is 12.9. The number of nitrogens with zero attached hydrogens (tertiary/aromatic N) is 1. The molecule has 0 unspecified atom stereocenters. The molecule has 0 aromatic heterocycles. The highest BCUT2D eigenvalue weighted by Crippen LogP contribution is 2.26. The van der Waals surface area contributed by atoms with Crippen LogP contribution in [-0.2, 0) is 4.79 Å². The summed E-state index contributed by atoms with van der Waals surface area (Å²) in [4.78, 5) is 20.0. The van der Waals surface area contributed by atoms with Crippen molar-refractivity contribution >= 4 is 11.7 Å². The van der Waals surface area contributed by atoms with Crippen LogP contribution < -0.4 is 4.74 Å². The van der Waals surface area contributed by atoms with Crippen LogP contribution in [0.15, 0.2) is 12.1 Å². The monoisotopic (exact) mass is 243 g/mol. The molecule has 0 aliphatic heterocycles. The van der Waals surface area contributed by atoms with Crippen LogP contribution in [0.4, 0.5) is 10.1 Å². The lowest BCUT2D eigenvalue weighted by molar-refractivity contribution is -0.385. The van der Waals surface area contributed by atoms with Gasteiger partial charge in [0, 0.05) is 5.56 Å². The van der Waals surface area contributed by atoms with Crippen molar-refractivity contribution in [1.82, 2.24) is 0 Å². The molecule has 1 aromatic rings. The topological polar surface area (TPSA) is 89.7 Å². The van der Waals surface area contributed by atoms with Crippen molar-refractivity contribution in [3.63, 3.8) is 0 Å². The number of hydrogen-bond acceptors (Lipinski definition) is 4. The van der Waals surface area contributed by atoms with Crippen LogP contribution in [0.1, 0.15) is 12.0 Å². The first-order chi connectivity index (χ1) is 7.91. The molecule has 0 radical (unpaired) electrons. The summed E-state index contributed by atoms with van der Waals surface area (Å²) in [5.74, 6) is -2.13. The van der Waals surface area contributed by atoms with E-state index in [4.69, 9.17) is 9.84 Å². The summed E-state index contributed by atoms with van der Waals surface area (Å²) in [6, 6.07) is 1.93. The lowest BCUT2D eigenvalue weighted by Crippen LogP contribution is -2.06. The number of halogens is 1. The van der Waals surface area contributed by atoms with Crippen molar-refractivity contribution in [3.05, 3.63) is 33.6 Å². The van der Waals surface area contributed by atoms with E-state index in [1.807, 2.05) is 0 Å². The van der Waals surface area contributed by atoms with Gasteiger partial charge in [-0.1, -0.05) is 0 Å². The number of carboxylic acid groups (broad SMARTS) is 1. The first-order valence-corrected chi connectivity index (χ1v) is 4.71. The van der Waals surface area contributed by atoms with Crippen LogP contribution in [0.2, 0.25) is 0 Å². The number of nitro groups is 1. The normalized spacial score (nSPS) is 10.0. The van der Waals surface area contributed by atoms with E-state index in [0.717, 1.165) is 6.07 Å². The van der Waals surface area contributed by atoms with E-state index in [-0.39, 0.29) is 30.0 Å². The highest BCUT2D eigenvalue weighted by molar-refractivity contribution is 5.66. The number of aryl methyl sites for hydroxylation is 1. The molecule has 1 rings (SSSR count). The Balaban J connectivity index is 2.84. The Labute approximate surface area is 95.8 Å². The van der Waals surface area contributed by atoms with Gasteiger partial charge in [0.15, 0.2) is 11.6 Å². The van der Waals surface area contributed by atoms with Gasteiger partial charge in [0.2, 0.25) is 0 Å². The third kappa shape index (κ3) is 3.40. The zero-order chi connectivity index (χ0) is 13.0. The standard InChI is InChI=1S/C10H10FNO5/c1-6-4-9(17-3-2-10(13)14)7(11)5-8(6)12(15)16/h4-5H,2-3H2,1H3,(H,13,14). The van der Waals surface area contributed by atoms with Gasteiger partial charge >= 0.3 is 5.97 Å². The molecule has 0 atom stereocenters. The molecule has 0 saturated heterocycles. The Morgan fingerprint density at radius 1 is 1.59 bits per heavy atom. The van der Waals surface area contributed by atoms with Crippen molar-refractivity contribution in [1.29, 1.82) is 0 Å². The summed E-state index contributed by atoms with van der Waals surface area (Å²) in [5.41, 5.74) is -0.0881. The van der Waals surface area contributed by atoms with Crippen molar-refractivity contribution in [2.45, 2.75) is 13.3 Å². The lowest BCUT2D eigenvalue weighted by atomic mass is 10.2. The zero-order valence-electron chi connectivity index (χ0n) is 8.97. The summed E-state index contributed by atoms with van der Waals surface area (Å²) >= 11 is 0. The van der Waals surface area contributed by atoms with Crippen molar-refractivity contribution in [2.75, 3.05) is 6.61 Å². The second-order valence-electron chi connectivity index (χ2n) is 3.32. The predicted octanol–water partition coefficient (Wildman–Crippen LogP) is 1.90. The molecule has 0 fully saturated rings. The molecule has 1 aromatic carbocycles. The fourth-order valence-electron chi connectivity index (χ4n) is 1.20. The van der Waals surface area contributed by atoms with Gasteiger partial charge in [-0.15, -0.1) is 0 Å². The molecule has 92 valence electrons. The van der Waals surface area contributed by atoms with E-state index in [1.165, 1.54) is 13.0 Å². The molecule has 6 nitrogen and oxygen atoms in total. The molecule has 0 spiro atoms. The van der Waals surface area contributed by atoms with E-state index in [2.05, 4.69) is 0 Å². The highest BCUT2D eigenvalue weighted by atomic mass is 19.1. The zero-order valence-corrected chi connectivity index (χ0v) is 8.97. The molecule has 0 aliphatic rings. The smallest absolute Gasteiger partial charge is 0.306 e. The molecule has 0 bridgehead atoms. The summed E-state index contributed by atoms with van der Waals surface area (Å²) < 4.78 is 18.2. The Morgan fingerprint density at radius 3 is 2.76 bits per heavy atom. The number of rotatable bonds is 5. The molecule has 17 heavy (non-hydrogen) atoms. The maximum absolute atomic E-state index is 13.3. The van der Waals surface area contributed by atoms with Gasteiger partial charge in [-0.2, -0.15) is 0 Å². The van der Waals surface area contributed by atoms with Gasteiger partial charge in [-0.25, -0.2) is 4.39 Å². The van der Waals surface area contributed by atoms with Gasteiger partial charge < -0.3 is 9.84 Å². The number of hydrogen-bond donors (Lipinski definition) is 1. The lowest BCUT2D eigenvalue weighted by Gasteiger charge is -2.07. The molecule has 7 heteroatoms. The minimum absolute atomic E-state index is 0.186. The van der Waals surface area contributed by atoms with Gasteiger partial charge in [0.05, 0.1) is 24.0 Å². The van der Waals surface area contributed by atoms with Gasteiger partial charge in [0.1, 0.15) is 0 Å². The third-order valence-electron chi connectivity index (χ3n) is 2.02. The second-order valence-corrected chi connectivity index (χ2v) is 3.32. The van der Waals surface area contributed by atoms with Crippen LogP contribution >= 0.6 is 0 Å². The summed E-state index contributed by atoms with van der Waals surface area (Å²) in [6.07, 6.45) is -0.268. The number of carboxylic acids is 1. The second kappa shape index (κ2) is 5.24. The van der Waals surface area contributed by atoms with Crippen molar-refractivity contribution in [3.8, 4) is 5.75 Å². The fourth-order valence-corrected chi connectivity index (χ4v) is 1.20. The SMILES string of the molecule is Cc1cc(OCCC(=O)O)c(F)cc1[N+](=O)[O-]. The molecule has 0 saturated carbocycles. The maximum atomic E-state index is 13.3. The van der Waals surface area contributed by atoms with Crippen LogP contribution in [0.5, 0.6) is 5.75 Å². The predicted molar refractivity (Wildman–Crippen MR) is 55.5 cm³/mol. The minimum atomic E-state index is -1.07. The van der Waals surface area contributed by atoms with Gasteiger partial charge in [-0.05, 0) is 13.0 Å². The largest absolute Gasteiger partial charge is 0.490 e. The summed E-state index contributed by atoms with van der Waals surface area (Å²) in [5, 5.41) is 18.9. The van der Waals surface area contributed by atoms with E-state index >= 15 is 0 Å². The number of nitro benzene ring substituents is 1. The quantitative estimate of drug-likeness (QED) is 0.630. The Hall–Kier alpha value is -2.18. The maximum Gasteiger partial charge on any atom is 0.306 e. The average Bonchev–Trinajstić information content (AvgIpc) is 2.21. The number of carbonyl (C=O) groups is 1. The van der Waals surface area contributed by atoms with E-state index < -0.39 is 16.7 Å². The summed E-state index contributed by atoms with van der Waals surface area (Å²) in [7, 11) is 0. The molecule has 0 heterocycles. The number of ether oxygens (including phenoxy) is 1. The van der Waals surface area contributed by atoms with E-state index in [0.29, 0.717) is 0 Å². The highest BCUT2D eigenvalue weighted by Gasteiger charge is 2.16. The van der Waals surface area contributed by atoms with Crippen molar-refractivity contribution in [2.24, 2.45) is 0 Å². The fraction of sp³-hybridized carbons (Fsp3) is 0.300. The average molecular weight is 243 g/mol. The van der Waals surface area contributed by atoms with E-state index in [9.17, 15) is 19.3 Å². The van der Waals surface area contributed by atoms with Gasteiger partial charge in [0.25, 0.3) is 5.69 Å². The Kier molecular flexibility index (Phi) is 3.97. The molecule has 0 amide bonds. The van der Waals surface area contributed by atoms with Crippen LogP contribution in [0, 0.1) is 22.9 Å². The Bertz CT molecular complexity index is 460. The molecular weight excluding hydrogens is 233 g/mol. The summed E-state index contributed by atoms with van der Waals surface area (Å²) in [6.45, 7) is 1.26. The van der Waals surface area contributed by atoms with Gasteiger partial charge in [-0.3, -0.25) is 14.9 Å². The van der Waals surface area contributed by atoms with Crippen LogP contribution in [0.25, 0.3) is 0 Å². The molecular formula is C10H10FNO5. The Morgan fingerprint density at radius 2 is 2.24 bits per heavy atom.